The molecule has 0 aliphatic heterocycles. The summed E-state index contributed by atoms with van der Waals surface area (Å²) in [5, 5.41) is 15.2. The summed E-state index contributed by atoms with van der Waals surface area (Å²) in [5.41, 5.74) is 0. The molecule has 1 N–H and O–H groups in total. The van der Waals surface area contributed by atoms with Gasteiger partial charge in [-0.3, -0.25) is 0 Å². The molecule has 0 spiro atoms. The van der Waals surface area contributed by atoms with E-state index in [-0.39, 0.29) is 12.1 Å². The summed E-state index contributed by atoms with van der Waals surface area (Å²) in [5.74, 6) is 1.47. The SMILES string of the molecule is COC(C)Cn1nnnc1C(C)NCC(C)C. The number of nitrogens with zero attached hydrogens (tertiary/aromatic N) is 4. The van der Waals surface area contributed by atoms with Crippen LogP contribution in [0.3, 0.4) is 0 Å². The van der Waals surface area contributed by atoms with Crippen molar-refractivity contribution in [1.29, 1.82) is 0 Å². The van der Waals surface area contributed by atoms with Crippen LogP contribution in [0.5, 0.6) is 0 Å². The number of methoxy groups -OCH3 is 1. The van der Waals surface area contributed by atoms with E-state index >= 15 is 0 Å². The zero-order valence-corrected chi connectivity index (χ0v) is 11.3. The Kier molecular flexibility index (Phi) is 5.50. The van der Waals surface area contributed by atoms with Crippen LogP contribution in [0.1, 0.15) is 39.6 Å². The highest BCUT2D eigenvalue weighted by molar-refractivity contribution is 4.90. The molecule has 0 aromatic carbocycles. The lowest BCUT2D eigenvalue weighted by molar-refractivity contribution is 0.0978. The molecule has 2 unspecified atom stereocenters. The Bertz CT molecular complexity index is 325. The molecule has 17 heavy (non-hydrogen) atoms. The van der Waals surface area contributed by atoms with Crippen LogP contribution in [0.25, 0.3) is 0 Å². The van der Waals surface area contributed by atoms with Crippen molar-refractivity contribution in [3.05, 3.63) is 5.82 Å². The van der Waals surface area contributed by atoms with Crippen LogP contribution in [-0.2, 0) is 11.3 Å². The van der Waals surface area contributed by atoms with Crippen molar-refractivity contribution in [2.24, 2.45) is 5.92 Å². The molecule has 0 saturated heterocycles. The highest BCUT2D eigenvalue weighted by Crippen LogP contribution is 2.09. The molecule has 0 bridgehead atoms. The fraction of sp³-hybridized carbons (Fsp3) is 0.909. The second-order valence-electron chi connectivity index (χ2n) is 4.79. The van der Waals surface area contributed by atoms with Gasteiger partial charge >= 0.3 is 0 Å². The summed E-state index contributed by atoms with van der Waals surface area (Å²) in [4.78, 5) is 0. The number of hydrogen-bond acceptors (Lipinski definition) is 5. The molecule has 0 saturated carbocycles. The fourth-order valence-electron chi connectivity index (χ4n) is 1.47. The van der Waals surface area contributed by atoms with E-state index in [1.807, 2.05) is 6.92 Å². The molecule has 0 amide bonds. The smallest absolute Gasteiger partial charge is 0.168 e. The largest absolute Gasteiger partial charge is 0.380 e. The van der Waals surface area contributed by atoms with Gasteiger partial charge in [-0.2, -0.15) is 0 Å². The molecule has 0 aliphatic rings. The maximum absolute atomic E-state index is 5.22. The Morgan fingerprint density at radius 1 is 1.29 bits per heavy atom. The van der Waals surface area contributed by atoms with Crippen molar-refractivity contribution in [2.45, 2.75) is 46.4 Å². The number of aromatic nitrogens is 4. The lowest BCUT2D eigenvalue weighted by Crippen LogP contribution is -2.27. The third-order valence-corrected chi connectivity index (χ3v) is 2.61. The van der Waals surface area contributed by atoms with E-state index in [4.69, 9.17) is 4.74 Å². The van der Waals surface area contributed by atoms with Crippen LogP contribution in [-0.4, -0.2) is 40.0 Å². The predicted octanol–water partition coefficient (Wildman–Crippen LogP) is 1.01. The normalized spacial score (nSPS) is 15.2. The summed E-state index contributed by atoms with van der Waals surface area (Å²) in [6.45, 7) is 10.0. The number of rotatable bonds is 7. The van der Waals surface area contributed by atoms with Crippen LogP contribution in [0.15, 0.2) is 0 Å². The fourth-order valence-corrected chi connectivity index (χ4v) is 1.47. The third kappa shape index (κ3) is 4.40. The highest BCUT2D eigenvalue weighted by Gasteiger charge is 2.15. The van der Waals surface area contributed by atoms with Crippen LogP contribution >= 0.6 is 0 Å². The van der Waals surface area contributed by atoms with Crippen LogP contribution < -0.4 is 5.32 Å². The summed E-state index contributed by atoms with van der Waals surface area (Å²) in [6.07, 6.45) is 0.106. The van der Waals surface area contributed by atoms with E-state index in [9.17, 15) is 0 Å². The molecular formula is C11H23N5O. The van der Waals surface area contributed by atoms with E-state index in [1.54, 1.807) is 11.8 Å². The van der Waals surface area contributed by atoms with Crippen molar-refractivity contribution in [3.63, 3.8) is 0 Å². The molecule has 1 heterocycles. The molecular weight excluding hydrogens is 218 g/mol. The average Bonchev–Trinajstić information content (AvgIpc) is 2.73. The maximum Gasteiger partial charge on any atom is 0.168 e. The summed E-state index contributed by atoms with van der Waals surface area (Å²) in [7, 11) is 1.69. The number of ether oxygens (including phenoxy) is 1. The molecule has 1 aromatic heterocycles. The second kappa shape index (κ2) is 6.66. The Hall–Kier alpha value is -1.01. The minimum Gasteiger partial charge on any atom is -0.380 e. The Labute approximate surface area is 103 Å². The van der Waals surface area contributed by atoms with E-state index < -0.39 is 0 Å². The van der Waals surface area contributed by atoms with E-state index in [1.165, 1.54) is 0 Å². The minimum absolute atomic E-state index is 0.106. The van der Waals surface area contributed by atoms with Gasteiger partial charge in [-0.1, -0.05) is 13.8 Å². The first-order chi connectivity index (χ1) is 8.04. The summed E-state index contributed by atoms with van der Waals surface area (Å²) in [6, 6.07) is 0.149. The molecule has 1 rings (SSSR count). The quantitative estimate of drug-likeness (QED) is 0.772. The van der Waals surface area contributed by atoms with Crippen molar-refractivity contribution < 1.29 is 4.74 Å². The Morgan fingerprint density at radius 3 is 2.59 bits per heavy atom. The molecule has 0 radical (unpaired) electrons. The van der Waals surface area contributed by atoms with Gasteiger partial charge in [0.25, 0.3) is 0 Å². The van der Waals surface area contributed by atoms with Gasteiger partial charge in [0.1, 0.15) is 0 Å². The van der Waals surface area contributed by atoms with Crippen LogP contribution in [0.2, 0.25) is 0 Å². The highest BCUT2D eigenvalue weighted by atomic mass is 16.5. The maximum atomic E-state index is 5.22. The van der Waals surface area contributed by atoms with Crippen molar-refractivity contribution in [1.82, 2.24) is 25.5 Å². The van der Waals surface area contributed by atoms with Crippen LogP contribution in [0, 0.1) is 5.92 Å². The molecule has 6 nitrogen and oxygen atoms in total. The van der Waals surface area contributed by atoms with E-state index in [2.05, 4.69) is 41.6 Å². The topological polar surface area (TPSA) is 64.9 Å². The van der Waals surface area contributed by atoms with Gasteiger partial charge in [0, 0.05) is 7.11 Å². The number of tetrazole rings is 1. The van der Waals surface area contributed by atoms with Gasteiger partial charge in [-0.15, -0.1) is 5.10 Å². The van der Waals surface area contributed by atoms with Crippen molar-refractivity contribution in [3.8, 4) is 0 Å². The molecule has 1 aromatic rings. The van der Waals surface area contributed by atoms with Gasteiger partial charge in [-0.05, 0) is 36.7 Å². The standard InChI is InChI=1S/C11H23N5O/c1-8(2)6-12-10(4)11-13-14-15-16(11)7-9(3)17-5/h8-10,12H,6-7H2,1-5H3. The van der Waals surface area contributed by atoms with Gasteiger partial charge in [-0.25, -0.2) is 4.68 Å². The Balaban J connectivity index is 2.60. The predicted molar refractivity (Wildman–Crippen MR) is 65.5 cm³/mol. The lowest BCUT2D eigenvalue weighted by atomic mass is 10.2. The van der Waals surface area contributed by atoms with Gasteiger partial charge in [0.05, 0.1) is 18.7 Å². The molecule has 98 valence electrons. The van der Waals surface area contributed by atoms with Crippen LogP contribution in [0.4, 0.5) is 0 Å². The third-order valence-electron chi connectivity index (χ3n) is 2.61. The monoisotopic (exact) mass is 241 g/mol. The zero-order chi connectivity index (χ0) is 12.8. The Morgan fingerprint density at radius 2 is 2.00 bits per heavy atom. The first-order valence-electron chi connectivity index (χ1n) is 6.06. The first kappa shape index (κ1) is 14.1. The molecule has 0 aliphatic carbocycles. The average molecular weight is 241 g/mol. The van der Waals surface area contributed by atoms with E-state index in [0.717, 1.165) is 12.4 Å². The molecule has 0 fully saturated rings. The summed E-state index contributed by atoms with van der Waals surface area (Å²) >= 11 is 0. The molecule has 6 heteroatoms. The first-order valence-corrected chi connectivity index (χ1v) is 6.06. The van der Waals surface area contributed by atoms with Gasteiger partial charge < -0.3 is 10.1 Å². The minimum atomic E-state index is 0.106. The van der Waals surface area contributed by atoms with Gasteiger partial charge in [0.15, 0.2) is 5.82 Å². The van der Waals surface area contributed by atoms with Crippen molar-refractivity contribution >= 4 is 0 Å². The summed E-state index contributed by atoms with van der Waals surface area (Å²) < 4.78 is 7.02. The number of hydrogen-bond donors (Lipinski definition) is 1. The molecule has 2 atom stereocenters. The van der Waals surface area contributed by atoms with E-state index in [0.29, 0.717) is 12.5 Å². The number of nitrogens with one attached hydrogen (secondary N) is 1. The zero-order valence-electron chi connectivity index (χ0n) is 11.3. The van der Waals surface area contributed by atoms with Crippen molar-refractivity contribution in [2.75, 3.05) is 13.7 Å². The van der Waals surface area contributed by atoms with Gasteiger partial charge in [0.2, 0.25) is 0 Å². The lowest BCUT2D eigenvalue weighted by Gasteiger charge is -2.16. The second-order valence-corrected chi connectivity index (χ2v) is 4.79.